The molecule has 1 atom stereocenters. The summed E-state index contributed by atoms with van der Waals surface area (Å²) in [5, 5.41) is 11.7. The molecule has 1 rings (SSSR count). The highest BCUT2D eigenvalue weighted by Crippen LogP contribution is 1.99. The molecule has 0 aliphatic rings. The third-order valence-corrected chi connectivity index (χ3v) is 1.96. The molecule has 15 heavy (non-hydrogen) atoms. The van der Waals surface area contributed by atoms with E-state index in [1.165, 1.54) is 6.07 Å². The molecule has 1 unspecified atom stereocenters. The van der Waals surface area contributed by atoms with Crippen molar-refractivity contribution >= 4 is 5.91 Å². The molecule has 0 saturated carbocycles. The first-order valence-electron chi connectivity index (χ1n) is 4.71. The first-order valence-corrected chi connectivity index (χ1v) is 4.71. The van der Waals surface area contributed by atoms with Crippen LogP contribution in [0.25, 0.3) is 0 Å². The Kier molecular flexibility index (Phi) is 4.17. The van der Waals surface area contributed by atoms with Crippen LogP contribution in [0.5, 0.6) is 0 Å². The average molecular weight is 212 g/mol. The molecule has 0 fully saturated rings. The first kappa shape index (κ1) is 11.6. The summed E-state index contributed by atoms with van der Waals surface area (Å²) >= 11 is 0. The minimum absolute atomic E-state index is 0.187. The predicted octanol–water partition coefficient (Wildman–Crippen LogP) is 0.721. The van der Waals surface area contributed by atoms with Gasteiger partial charge in [0, 0.05) is 12.7 Å². The highest BCUT2D eigenvalue weighted by molar-refractivity contribution is 5.93. The molecule has 0 aliphatic heterocycles. The smallest absolute Gasteiger partial charge is 0.252 e. The summed E-state index contributed by atoms with van der Waals surface area (Å²) in [6.07, 6.45) is 1.17. The number of aliphatic hydroxyl groups is 1. The van der Waals surface area contributed by atoms with E-state index in [0.29, 0.717) is 6.42 Å². The SMILES string of the molecule is CCC(O)CNC(=O)c1ccc(F)nc1. The largest absolute Gasteiger partial charge is 0.391 e. The van der Waals surface area contributed by atoms with Gasteiger partial charge in [0.25, 0.3) is 5.91 Å². The Labute approximate surface area is 87.1 Å². The van der Waals surface area contributed by atoms with Gasteiger partial charge in [-0.05, 0) is 18.6 Å². The Hall–Kier alpha value is -1.49. The molecule has 0 saturated heterocycles. The Morgan fingerprint density at radius 2 is 2.40 bits per heavy atom. The van der Waals surface area contributed by atoms with Crippen molar-refractivity contribution in [1.29, 1.82) is 0 Å². The third kappa shape index (κ3) is 3.63. The van der Waals surface area contributed by atoms with Crippen LogP contribution in [-0.2, 0) is 0 Å². The van der Waals surface area contributed by atoms with Crippen LogP contribution in [0.2, 0.25) is 0 Å². The molecule has 1 amide bonds. The number of carbonyl (C=O) groups excluding carboxylic acids is 1. The van der Waals surface area contributed by atoms with Crippen LogP contribution in [0, 0.1) is 5.95 Å². The van der Waals surface area contributed by atoms with Gasteiger partial charge in [-0.25, -0.2) is 4.98 Å². The van der Waals surface area contributed by atoms with Crippen LogP contribution >= 0.6 is 0 Å². The maximum absolute atomic E-state index is 12.4. The molecule has 0 aliphatic carbocycles. The van der Waals surface area contributed by atoms with Gasteiger partial charge in [0.05, 0.1) is 11.7 Å². The molecule has 0 bridgehead atoms. The Bertz CT molecular complexity index is 327. The Morgan fingerprint density at radius 3 is 2.93 bits per heavy atom. The second kappa shape index (κ2) is 5.41. The maximum Gasteiger partial charge on any atom is 0.252 e. The lowest BCUT2D eigenvalue weighted by molar-refractivity contribution is 0.0913. The van der Waals surface area contributed by atoms with Gasteiger partial charge in [0.1, 0.15) is 0 Å². The van der Waals surface area contributed by atoms with Crippen molar-refractivity contribution in [3.8, 4) is 0 Å². The molecule has 0 aromatic carbocycles. The van der Waals surface area contributed by atoms with Crippen molar-refractivity contribution in [2.75, 3.05) is 6.54 Å². The van der Waals surface area contributed by atoms with Crippen molar-refractivity contribution in [2.45, 2.75) is 19.4 Å². The molecule has 0 radical (unpaired) electrons. The number of hydrogen-bond donors (Lipinski definition) is 2. The Balaban J connectivity index is 2.50. The van der Waals surface area contributed by atoms with E-state index < -0.39 is 12.1 Å². The van der Waals surface area contributed by atoms with Gasteiger partial charge >= 0.3 is 0 Å². The monoisotopic (exact) mass is 212 g/mol. The van der Waals surface area contributed by atoms with E-state index in [1.54, 1.807) is 0 Å². The van der Waals surface area contributed by atoms with E-state index in [1.807, 2.05) is 6.92 Å². The van der Waals surface area contributed by atoms with E-state index in [4.69, 9.17) is 0 Å². The zero-order valence-electron chi connectivity index (χ0n) is 8.40. The molecule has 1 heterocycles. The zero-order chi connectivity index (χ0) is 11.3. The number of amides is 1. The summed E-state index contributed by atoms with van der Waals surface area (Å²) < 4.78 is 12.4. The van der Waals surface area contributed by atoms with Gasteiger partial charge in [0.15, 0.2) is 0 Å². The molecular weight excluding hydrogens is 199 g/mol. The van der Waals surface area contributed by atoms with Gasteiger partial charge in [-0.15, -0.1) is 0 Å². The summed E-state index contributed by atoms with van der Waals surface area (Å²) in [6.45, 7) is 2.00. The summed E-state index contributed by atoms with van der Waals surface area (Å²) in [4.78, 5) is 14.7. The lowest BCUT2D eigenvalue weighted by atomic mass is 10.2. The number of aromatic nitrogens is 1. The maximum atomic E-state index is 12.4. The van der Waals surface area contributed by atoms with E-state index in [9.17, 15) is 14.3 Å². The van der Waals surface area contributed by atoms with Gasteiger partial charge < -0.3 is 10.4 Å². The van der Waals surface area contributed by atoms with Crippen molar-refractivity contribution in [1.82, 2.24) is 10.3 Å². The standard InChI is InChI=1S/C10H13FN2O2/c1-2-8(14)6-13-10(15)7-3-4-9(11)12-5-7/h3-5,8,14H,2,6H2,1H3,(H,13,15). The minimum atomic E-state index is -0.625. The van der Waals surface area contributed by atoms with Crippen LogP contribution < -0.4 is 5.32 Å². The average Bonchev–Trinajstić information content (AvgIpc) is 2.26. The number of rotatable bonds is 4. The third-order valence-electron chi connectivity index (χ3n) is 1.96. The highest BCUT2D eigenvalue weighted by atomic mass is 19.1. The normalized spacial score (nSPS) is 12.2. The summed E-state index contributed by atoms with van der Waals surface area (Å²) in [5.74, 6) is -0.991. The minimum Gasteiger partial charge on any atom is -0.391 e. The number of aliphatic hydroxyl groups excluding tert-OH is 1. The van der Waals surface area contributed by atoms with Gasteiger partial charge in [-0.1, -0.05) is 6.92 Å². The number of carbonyl (C=O) groups is 1. The van der Waals surface area contributed by atoms with Crippen LogP contribution in [-0.4, -0.2) is 28.6 Å². The molecule has 2 N–H and O–H groups in total. The molecule has 4 nitrogen and oxygen atoms in total. The van der Waals surface area contributed by atoms with Crippen molar-refractivity contribution in [3.63, 3.8) is 0 Å². The summed E-state index contributed by atoms with van der Waals surface area (Å²) in [5.41, 5.74) is 0.278. The fraction of sp³-hybridized carbons (Fsp3) is 0.400. The van der Waals surface area contributed by atoms with Gasteiger partial charge in [-0.3, -0.25) is 4.79 Å². The second-order valence-electron chi connectivity index (χ2n) is 3.14. The van der Waals surface area contributed by atoms with Crippen LogP contribution in [0.15, 0.2) is 18.3 Å². The van der Waals surface area contributed by atoms with Gasteiger partial charge in [0.2, 0.25) is 5.95 Å². The molecule has 82 valence electrons. The zero-order valence-corrected chi connectivity index (χ0v) is 8.40. The van der Waals surface area contributed by atoms with Crippen molar-refractivity contribution in [2.24, 2.45) is 0 Å². The lowest BCUT2D eigenvalue weighted by Gasteiger charge is -2.08. The fourth-order valence-corrected chi connectivity index (χ4v) is 0.967. The topological polar surface area (TPSA) is 62.2 Å². The lowest BCUT2D eigenvalue weighted by Crippen LogP contribution is -2.31. The van der Waals surface area contributed by atoms with E-state index in [-0.39, 0.29) is 18.0 Å². The van der Waals surface area contributed by atoms with E-state index >= 15 is 0 Å². The Morgan fingerprint density at radius 1 is 1.67 bits per heavy atom. The summed E-state index contributed by atoms with van der Waals surface area (Å²) in [6, 6.07) is 2.46. The first-order chi connectivity index (χ1) is 7.13. The predicted molar refractivity (Wildman–Crippen MR) is 52.8 cm³/mol. The van der Waals surface area contributed by atoms with E-state index in [0.717, 1.165) is 12.3 Å². The quantitative estimate of drug-likeness (QED) is 0.723. The molecule has 1 aromatic heterocycles. The van der Waals surface area contributed by atoms with Crippen molar-refractivity contribution in [3.05, 3.63) is 29.8 Å². The second-order valence-corrected chi connectivity index (χ2v) is 3.14. The van der Waals surface area contributed by atoms with E-state index in [2.05, 4.69) is 10.3 Å². The summed E-state index contributed by atoms with van der Waals surface area (Å²) in [7, 11) is 0. The number of halogens is 1. The van der Waals surface area contributed by atoms with Gasteiger partial charge in [-0.2, -0.15) is 4.39 Å². The highest BCUT2D eigenvalue weighted by Gasteiger charge is 2.07. The number of pyridine rings is 1. The van der Waals surface area contributed by atoms with Crippen LogP contribution in [0.1, 0.15) is 23.7 Å². The molecular formula is C10H13FN2O2. The number of hydrogen-bond acceptors (Lipinski definition) is 3. The molecule has 0 spiro atoms. The molecule has 5 heteroatoms. The van der Waals surface area contributed by atoms with Crippen LogP contribution in [0.3, 0.4) is 0 Å². The number of nitrogens with zero attached hydrogens (tertiary/aromatic N) is 1. The van der Waals surface area contributed by atoms with Crippen molar-refractivity contribution < 1.29 is 14.3 Å². The van der Waals surface area contributed by atoms with Crippen LogP contribution in [0.4, 0.5) is 4.39 Å². The fourth-order valence-electron chi connectivity index (χ4n) is 0.967. The molecule has 1 aromatic rings. The number of nitrogens with one attached hydrogen (secondary N) is 1.